The Morgan fingerprint density at radius 2 is 1.96 bits per heavy atom. The number of nitrogens with zero attached hydrogens (tertiary/aromatic N) is 2. The Bertz CT molecular complexity index is 1020. The summed E-state index contributed by atoms with van der Waals surface area (Å²) in [6.07, 6.45) is 1.65. The smallest absolute Gasteiger partial charge is 0.258 e. The molecule has 0 unspecified atom stereocenters. The normalized spacial score (nSPS) is 11.3. The Hall–Kier alpha value is -3.28. The van der Waals surface area contributed by atoms with Crippen molar-refractivity contribution in [2.45, 2.75) is 26.3 Å². The molecule has 28 heavy (non-hydrogen) atoms. The van der Waals surface area contributed by atoms with Gasteiger partial charge in [0.25, 0.3) is 5.91 Å². The van der Waals surface area contributed by atoms with Crippen molar-refractivity contribution in [1.82, 2.24) is 9.55 Å². The number of aromatic nitrogens is 2. The number of benzene rings is 2. The molecular formula is C22H25N3O3. The maximum Gasteiger partial charge on any atom is 0.258 e. The summed E-state index contributed by atoms with van der Waals surface area (Å²) in [6.45, 7) is 10.2. The van der Waals surface area contributed by atoms with Gasteiger partial charge in [0, 0.05) is 11.1 Å². The first kappa shape index (κ1) is 19.5. The number of carbonyl (C=O) groups excluding carboxylic acids is 1. The standard InChI is InChI=1S/C22H25N3O3/c1-6-13-28-18-12-11-15(14-19(18)27-5)20(26)24-21-23-16-9-7-8-10-17(16)25(21)22(2,3)4/h6-12,14H,1,13H2,2-5H3,(H,23,24,26). The molecule has 6 nitrogen and oxygen atoms in total. The third-order valence-corrected chi connectivity index (χ3v) is 4.24. The van der Waals surface area contributed by atoms with Gasteiger partial charge in [-0.15, -0.1) is 0 Å². The zero-order chi connectivity index (χ0) is 20.3. The van der Waals surface area contributed by atoms with Crippen LogP contribution in [0.2, 0.25) is 0 Å². The van der Waals surface area contributed by atoms with Crippen LogP contribution in [0.4, 0.5) is 5.95 Å². The van der Waals surface area contributed by atoms with Crippen LogP contribution in [0, 0.1) is 0 Å². The molecule has 2 aromatic carbocycles. The summed E-state index contributed by atoms with van der Waals surface area (Å²) >= 11 is 0. The average molecular weight is 379 g/mol. The molecule has 6 heteroatoms. The quantitative estimate of drug-likeness (QED) is 0.635. The topological polar surface area (TPSA) is 65.4 Å². The molecule has 0 bridgehead atoms. The van der Waals surface area contributed by atoms with Gasteiger partial charge in [-0.2, -0.15) is 0 Å². The lowest BCUT2D eigenvalue weighted by Gasteiger charge is -2.24. The SMILES string of the molecule is C=CCOc1ccc(C(=O)Nc2nc3ccccc3n2C(C)(C)C)cc1OC. The van der Waals surface area contributed by atoms with Crippen LogP contribution in [0.3, 0.4) is 0 Å². The number of nitrogens with one attached hydrogen (secondary N) is 1. The van der Waals surface area contributed by atoms with Crippen molar-refractivity contribution in [3.05, 3.63) is 60.7 Å². The van der Waals surface area contributed by atoms with Gasteiger partial charge in [0.05, 0.1) is 18.1 Å². The van der Waals surface area contributed by atoms with E-state index in [0.29, 0.717) is 29.6 Å². The van der Waals surface area contributed by atoms with Gasteiger partial charge in [-0.1, -0.05) is 24.8 Å². The van der Waals surface area contributed by atoms with E-state index in [9.17, 15) is 4.79 Å². The van der Waals surface area contributed by atoms with E-state index in [4.69, 9.17) is 9.47 Å². The van der Waals surface area contributed by atoms with Gasteiger partial charge in [0.1, 0.15) is 6.61 Å². The van der Waals surface area contributed by atoms with Crippen molar-refractivity contribution >= 4 is 22.9 Å². The number of carbonyl (C=O) groups is 1. The highest BCUT2D eigenvalue weighted by atomic mass is 16.5. The predicted molar refractivity (Wildman–Crippen MR) is 111 cm³/mol. The van der Waals surface area contributed by atoms with Gasteiger partial charge >= 0.3 is 0 Å². The van der Waals surface area contributed by atoms with Crippen LogP contribution >= 0.6 is 0 Å². The van der Waals surface area contributed by atoms with E-state index in [-0.39, 0.29) is 11.4 Å². The van der Waals surface area contributed by atoms with Crippen LogP contribution in [0.15, 0.2) is 55.1 Å². The fraction of sp³-hybridized carbons (Fsp3) is 0.273. The minimum absolute atomic E-state index is 0.251. The number of anilines is 1. The molecule has 0 aliphatic carbocycles. The third-order valence-electron chi connectivity index (χ3n) is 4.24. The van der Waals surface area contributed by atoms with Crippen LogP contribution in [-0.4, -0.2) is 29.2 Å². The Balaban J connectivity index is 1.94. The zero-order valence-electron chi connectivity index (χ0n) is 16.7. The van der Waals surface area contributed by atoms with Crippen molar-refractivity contribution < 1.29 is 14.3 Å². The molecule has 0 atom stereocenters. The molecule has 1 heterocycles. The number of para-hydroxylation sites is 2. The molecule has 3 rings (SSSR count). The van der Waals surface area contributed by atoms with Gasteiger partial charge in [-0.25, -0.2) is 4.98 Å². The highest BCUT2D eigenvalue weighted by Gasteiger charge is 2.23. The Morgan fingerprint density at radius 1 is 1.21 bits per heavy atom. The number of hydrogen-bond acceptors (Lipinski definition) is 4. The van der Waals surface area contributed by atoms with Gasteiger partial charge in [0.15, 0.2) is 11.5 Å². The molecule has 0 saturated carbocycles. The first-order chi connectivity index (χ1) is 13.3. The van der Waals surface area contributed by atoms with Crippen LogP contribution in [0.1, 0.15) is 31.1 Å². The van der Waals surface area contributed by atoms with E-state index < -0.39 is 0 Å². The number of rotatable bonds is 6. The number of amides is 1. The molecule has 0 radical (unpaired) electrons. The van der Waals surface area contributed by atoms with Gasteiger partial charge in [-0.3, -0.25) is 10.1 Å². The van der Waals surface area contributed by atoms with Crippen molar-refractivity contribution in [1.29, 1.82) is 0 Å². The molecule has 1 aromatic heterocycles. The summed E-state index contributed by atoms with van der Waals surface area (Å²) in [6, 6.07) is 12.9. The van der Waals surface area contributed by atoms with Crippen LogP contribution in [-0.2, 0) is 5.54 Å². The van der Waals surface area contributed by atoms with E-state index in [1.807, 2.05) is 28.8 Å². The maximum atomic E-state index is 12.9. The minimum atomic E-state index is -0.269. The molecule has 1 N–H and O–H groups in total. The number of imidazole rings is 1. The number of fused-ring (bicyclic) bond motifs is 1. The van der Waals surface area contributed by atoms with Crippen molar-refractivity contribution in [2.75, 3.05) is 19.0 Å². The second kappa shape index (κ2) is 7.76. The third kappa shape index (κ3) is 3.86. The molecule has 0 fully saturated rings. The van der Waals surface area contributed by atoms with Crippen LogP contribution in [0.5, 0.6) is 11.5 Å². The van der Waals surface area contributed by atoms with E-state index in [1.165, 1.54) is 7.11 Å². The highest BCUT2D eigenvalue weighted by molar-refractivity contribution is 6.04. The van der Waals surface area contributed by atoms with Crippen molar-refractivity contribution in [2.24, 2.45) is 0 Å². The lowest BCUT2D eigenvalue weighted by atomic mass is 10.1. The second-order valence-corrected chi connectivity index (χ2v) is 7.35. The lowest BCUT2D eigenvalue weighted by molar-refractivity contribution is 0.102. The monoisotopic (exact) mass is 379 g/mol. The van der Waals surface area contributed by atoms with Crippen LogP contribution in [0.25, 0.3) is 11.0 Å². The molecular weight excluding hydrogens is 354 g/mol. The first-order valence-electron chi connectivity index (χ1n) is 9.06. The minimum Gasteiger partial charge on any atom is -0.493 e. The first-order valence-corrected chi connectivity index (χ1v) is 9.06. The Kier molecular flexibility index (Phi) is 5.40. The fourth-order valence-corrected chi connectivity index (χ4v) is 3.04. The largest absolute Gasteiger partial charge is 0.493 e. The molecule has 0 aliphatic rings. The predicted octanol–water partition coefficient (Wildman–Crippen LogP) is 4.62. The van der Waals surface area contributed by atoms with Gasteiger partial charge in [-0.05, 0) is 51.1 Å². The summed E-state index contributed by atoms with van der Waals surface area (Å²) < 4.78 is 12.9. The van der Waals surface area contributed by atoms with E-state index in [1.54, 1.807) is 24.3 Å². The molecule has 3 aromatic rings. The molecule has 0 aliphatic heterocycles. The molecule has 1 amide bonds. The fourth-order valence-electron chi connectivity index (χ4n) is 3.04. The highest BCUT2D eigenvalue weighted by Crippen LogP contribution is 2.30. The number of hydrogen-bond donors (Lipinski definition) is 1. The summed E-state index contributed by atoms with van der Waals surface area (Å²) in [4.78, 5) is 17.5. The number of ether oxygens (including phenoxy) is 2. The summed E-state index contributed by atoms with van der Waals surface area (Å²) in [5.74, 6) is 1.28. The van der Waals surface area contributed by atoms with Gasteiger partial charge < -0.3 is 14.0 Å². The molecule has 0 spiro atoms. The summed E-state index contributed by atoms with van der Waals surface area (Å²) in [5, 5.41) is 2.94. The lowest BCUT2D eigenvalue weighted by Crippen LogP contribution is -2.25. The zero-order valence-corrected chi connectivity index (χ0v) is 16.7. The Morgan fingerprint density at radius 3 is 2.64 bits per heavy atom. The van der Waals surface area contributed by atoms with Crippen molar-refractivity contribution in [3.63, 3.8) is 0 Å². The summed E-state index contributed by atoms with van der Waals surface area (Å²) in [7, 11) is 1.54. The van der Waals surface area contributed by atoms with Crippen molar-refractivity contribution in [3.8, 4) is 11.5 Å². The molecule has 146 valence electrons. The summed E-state index contributed by atoms with van der Waals surface area (Å²) in [5.41, 5.74) is 2.00. The number of methoxy groups -OCH3 is 1. The average Bonchev–Trinajstić information content (AvgIpc) is 3.04. The van der Waals surface area contributed by atoms with Gasteiger partial charge in [0.2, 0.25) is 5.95 Å². The van der Waals surface area contributed by atoms with E-state index in [2.05, 4.69) is 37.7 Å². The maximum absolute atomic E-state index is 12.9. The molecule has 0 saturated heterocycles. The van der Waals surface area contributed by atoms with E-state index in [0.717, 1.165) is 11.0 Å². The van der Waals surface area contributed by atoms with Crippen LogP contribution < -0.4 is 14.8 Å². The van der Waals surface area contributed by atoms with E-state index >= 15 is 0 Å². The Labute approximate surface area is 164 Å². The second-order valence-electron chi connectivity index (χ2n) is 7.35.